The number of hydrogen-bond acceptors (Lipinski definition) is 4. The monoisotopic (exact) mass is 384 g/mol. The molecule has 2 atom stereocenters. The Kier molecular flexibility index (Phi) is 4.34. The topological polar surface area (TPSA) is 45.1 Å². The van der Waals surface area contributed by atoms with Crippen molar-refractivity contribution < 1.29 is 5.11 Å². The van der Waals surface area contributed by atoms with E-state index in [0.29, 0.717) is 5.75 Å². The van der Waals surface area contributed by atoms with Crippen LogP contribution in [0.4, 0.5) is 5.13 Å². The summed E-state index contributed by atoms with van der Waals surface area (Å²) >= 11 is 1.65. The van der Waals surface area contributed by atoms with Crippen LogP contribution in [0, 0.1) is 5.92 Å². The van der Waals surface area contributed by atoms with Crippen LogP contribution in [-0.2, 0) is 0 Å². The van der Waals surface area contributed by atoms with E-state index in [0.717, 1.165) is 38.1 Å². The van der Waals surface area contributed by atoms with E-state index in [1.165, 1.54) is 0 Å². The summed E-state index contributed by atoms with van der Waals surface area (Å²) in [5.41, 5.74) is 1.93. The molecule has 1 heterocycles. The number of nitrogens with one attached hydrogen (secondary N) is 1. The maximum absolute atomic E-state index is 10.8. The van der Waals surface area contributed by atoms with Gasteiger partial charge in [-0.15, -0.1) is 0 Å². The van der Waals surface area contributed by atoms with Crippen LogP contribution in [0.2, 0.25) is 0 Å². The SMILES string of the molecule is Oc1ccc2ccccc2c1C(Nc1nc2ccccc2s1)C1C=CC=CC1. The summed E-state index contributed by atoms with van der Waals surface area (Å²) in [4.78, 5) is 4.77. The van der Waals surface area contributed by atoms with Crippen LogP contribution in [0.3, 0.4) is 0 Å². The van der Waals surface area contributed by atoms with Gasteiger partial charge in [0.1, 0.15) is 5.75 Å². The van der Waals surface area contributed by atoms with E-state index in [1.54, 1.807) is 17.4 Å². The molecule has 4 heteroatoms. The zero-order valence-corrected chi connectivity index (χ0v) is 16.1. The first-order valence-corrected chi connectivity index (χ1v) is 10.3. The average molecular weight is 385 g/mol. The summed E-state index contributed by atoms with van der Waals surface area (Å²) in [5, 5.41) is 17.6. The molecule has 138 valence electrons. The average Bonchev–Trinajstić information content (AvgIpc) is 3.16. The number of phenols is 1. The molecule has 3 nitrogen and oxygen atoms in total. The van der Waals surface area contributed by atoms with Gasteiger partial charge < -0.3 is 10.4 Å². The van der Waals surface area contributed by atoms with Gasteiger partial charge >= 0.3 is 0 Å². The van der Waals surface area contributed by atoms with E-state index in [9.17, 15) is 5.11 Å². The Morgan fingerprint density at radius 2 is 1.86 bits per heavy atom. The second-order valence-corrected chi connectivity index (χ2v) is 8.07. The predicted molar refractivity (Wildman–Crippen MR) is 118 cm³/mol. The second-order valence-electron chi connectivity index (χ2n) is 7.04. The smallest absolute Gasteiger partial charge is 0.184 e. The van der Waals surface area contributed by atoms with Gasteiger partial charge in [-0.3, -0.25) is 0 Å². The highest BCUT2D eigenvalue weighted by Crippen LogP contribution is 2.41. The lowest BCUT2D eigenvalue weighted by molar-refractivity contribution is 0.453. The first-order valence-electron chi connectivity index (χ1n) is 9.45. The fourth-order valence-electron chi connectivity index (χ4n) is 3.92. The number of aromatic hydroxyl groups is 1. The fourth-order valence-corrected chi connectivity index (χ4v) is 4.82. The third-order valence-corrected chi connectivity index (χ3v) is 6.24. The highest BCUT2D eigenvalue weighted by atomic mass is 32.1. The minimum atomic E-state index is -0.0761. The number of phenolic OH excluding ortho intramolecular Hbond substituents is 1. The lowest BCUT2D eigenvalue weighted by Crippen LogP contribution is -2.20. The van der Waals surface area contributed by atoms with Gasteiger partial charge in [-0.2, -0.15) is 0 Å². The van der Waals surface area contributed by atoms with Crippen molar-refractivity contribution in [3.05, 3.63) is 90.5 Å². The number of thiazole rings is 1. The largest absolute Gasteiger partial charge is 0.508 e. The van der Waals surface area contributed by atoms with Crippen LogP contribution in [0.25, 0.3) is 21.0 Å². The van der Waals surface area contributed by atoms with E-state index < -0.39 is 0 Å². The number of hydrogen-bond donors (Lipinski definition) is 2. The van der Waals surface area contributed by atoms with Crippen LogP contribution >= 0.6 is 11.3 Å². The molecule has 2 N–H and O–H groups in total. The molecule has 1 aliphatic carbocycles. The number of benzene rings is 3. The molecule has 0 fully saturated rings. The van der Waals surface area contributed by atoms with Crippen LogP contribution in [0.1, 0.15) is 18.0 Å². The van der Waals surface area contributed by atoms with Crippen molar-refractivity contribution in [3.8, 4) is 5.75 Å². The number of anilines is 1. The minimum absolute atomic E-state index is 0.0761. The minimum Gasteiger partial charge on any atom is -0.508 e. The Balaban J connectivity index is 1.64. The zero-order chi connectivity index (χ0) is 18.9. The van der Waals surface area contributed by atoms with Crippen LogP contribution in [0.5, 0.6) is 5.75 Å². The molecule has 0 radical (unpaired) electrons. The van der Waals surface area contributed by atoms with Gasteiger partial charge in [0.15, 0.2) is 5.13 Å². The molecule has 0 saturated carbocycles. The maximum atomic E-state index is 10.8. The number of nitrogens with zero attached hydrogens (tertiary/aromatic N) is 1. The summed E-state index contributed by atoms with van der Waals surface area (Å²) < 4.78 is 1.16. The zero-order valence-electron chi connectivity index (χ0n) is 15.2. The molecule has 2 unspecified atom stereocenters. The number of allylic oxidation sites excluding steroid dienone is 3. The van der Waals surface area contributed by atoms with Crippen molar-refractivity contribution >= 4 is 37.5 Å². The number of para-hydroxylation sites is 1. The van der Waals surface area contributed by atoms with Crippen molar-refractivity contribution in [3.63, 3.8) is 0 Å². The molecule has 0 spiro atoms. The van der Waals surface area contributed by atoms with E-state index in [2.05, 4.69) is 47.8 Å². The third-order valence-electron chi connectivity index (χ3n) is 5.27. The number of rotatable bonds is 4. The summed E-state index contributed by atoms with van der Waals surface area (Å²) in [5.74, 6) is 0.550. The van der Waals surface area contributed by atoms with Gasteiger partial charge in [-0.05, 0) is 35.4 Å². The Labute approximate surface area is 167 Å². The van der Waals surface area contributed by atoms with Crippen molar-refractivity contribution in [2.75, 3.05) is 5.32 Å². The molecule has 0 aliphatic heterocycles. The molecular weight excluding hydrogens is 364 g/mol. The van der Waals surface area contributed by atoms with Crippen LogP contribution in [-0.4, -0.2) is 10.1 Å². The molecular formula is C24H20N2OS. The van der Waals surface area contributed by atoms with E-state index in [-0.39, 0.29) is 12.0 Å². The van der Waals surface area contributed by atoms with Crippen molar-refractivity contribution in [1.29, 1.82) is 0 Å². The lowest BCUT2D eigenvalue weighted by atomic mass is 9.85. The maximum Gasteiger partial charge on any atom is 0.184 e. The lowest BCUT2D eigenvalue weighted by Gasteiger charge is -2.28. The number of fused-ring (bicyclic) bond motifs is 2. The Hall–Kier alpha value is -3.11. The highest BCUT2D eigenvalue weighted by Gasteiger charge is 2.26. The summed E-state index contributed by atoms with van der Waals surface area (Å²) in [6.07, 6.45) is 9.48. The quantitative estimate of drug-likeness (QED) is 0.425. The van der Waals surface area contributed by atoms with E-state index in [1.807, 2.05) is 36.4 Å². The molecule has 4 aromatic rings. The van der Waals surface area contributed by atoms with Gasteiger partial charge in [0.05, 0.1) is 16.3 Å². The predicted octanol–water partition coefficient (Wildman–Crippen LogP) is 6.44. The molecule has 1 aliphatic rings. The van der Waals surface area contributed by atoms with Crippen molar-refractivity contribution in [2.45, 2.75) is 12.5 Å². The molecule has 28 heavy (non-hydrogen) atoms. The van der Waals surface area contributed by atoms with Crippen molar-refractivity contribution in [1.82, 2.24) is 4.98 Å². The normalized spacial score (nSPS) is 17.2. The van der Waals surface area contributed by atoms with E-state index in [4.69, 9.17) is 4.98 Å². The summed E-state index contributed by atoms with van der Waals surface area (Å²) in [7, 11) is 0. The molecule has 1 aromatic heterocycles. The molecule has 0 bridgehead atoms. The second kappa shape index (κ2) is 7.13. The third kappa shape index (κ3) is 3.06. The van der Waals surface area contributed by atoms with Gasteiger partial charge in [0, 0.05) is 11.5 Å². The molecule has 0 amide bonds. The molecule has 0 saturated heterocycles. The summed E-state index contributed by atoms with van der Waals surface area (Å²) in [6.45, 7) is 0. The van der Waals surface area contributed by atoms with Crippen LogP contribution < -0.4 is 5.32 Å². The molecule has 5 rings (SSSR count). The molecule has 3 aromatic carbocycles. The first-order chi connectivity index (χ1) is 13.8. The van der Waals surface area contributed by atoms with Crippen molar-refractivity contribution in [2.24, 2.45) is 5.92 Å². The Morgan fingerprint density at radius 3 is 2.71 bits per heavy atom. The standard InChI is InChI=1S/C24H20N2OS/c27-20-15-14-16-8-4-5-11-18(16)22(20)23(17-9-2-1-3-10-17)26-24-25-19-12-6-7-13-21(19)28-24/h1-9,11-15,17,23,27H,10H2,(H,25,26). The van der Waals surface area contributed by atoms with Crippen LogP contribution in [0.15, 0.2) is 85.0 Å². The summed E-state index contributed by atoms with van der Waals surface area (Å²) in [6, 6.07) is 20.1. The number of aromatic nitrogens is 1. The Morgan fingerprint density at radius 1 is 1.00 bits per heavy atom. The van der Waals surface area contributed by atoms with Gasteiger partial charge in [0.25, 0.3) is 0 Å². The fraction of sp³-hybridized carbons (Fsp3) is 0.125. The Bertz CT molecular complexity index is 1170. The first kappa shape index (κ1) is 17.0. The van der Waals surface area contributed by atoms with Gasteiger partial charge in [-0.25, -0.2) is 4.98 Å². The van der Waals surface area contributed by atoms with Gasteiger partial charge in [-0.1, -0.05) is 78.1 Å². The highest BCUT2D eigenvalue weighted by molar-refractivity contribution is 7.22. The van der Waals surface area contributed by atoms with Gasteiger partial charge in [0.2, 0.25) is 0 Å². The van der Waals surface area contributed by atoms with E-state index >= 15 is 0 Å².